The molecular formula is C9H10N8O. The highest BCUT2D eigenvalue weighted by Gasteiger charge is 2.19. The molecule has 3 rings (SSSR count). The van der Waals surface area contributed by atoms with Gasteiger partial charge in [-0.05, 0) is 0 Å². The van der Waals surface area contributed by atoms with Crippen molar-refractivity contribution in [1.82, 2.24) is 35.1 Å². The van der Waals surface area contributed by atoms with E-state index in [0.29, 0.717) is 17.5 Å². The van der Waals surface area contributed by atoms with Crippen molar-refractivity contribution in [3.63, 3.8) is 0 Å². The Morgan fingerprint density at radius 1 is 1.50 bits per heavy atom. The molecule has 0 fully saturated rings. The highest BCUT2D eigenvalue weighted by Crippen LogP contribution is 2.19. The van der Waals surface area contributed by atoms with Crippen LogP contribution in [0.4, 0.5) is 0 Å². The summed E-state index contributed by atoms with van der Waals surface area (Å²) in [7, 11) is 1.81. The summed E-state index contributed by atoms with van der Waals surface area (Å²) in [5.41, 5.74) is 6.80. The molecule has 0 spiro atoms. The Kier molecular flexibility index (Phi) is 2.38. The van der Waals surface area contributed by atoms with Crippen molar-refractivity contribution in [2.24, 2.45) is 12.8 Å². The molecular weight excluding hydrogens is 236 g/mol. The fourth-order valence-electron chi connectivity index (χ4n) is 1.51. The van der Waals surface area contributed by atoms with Gasteiger partial charge in [0.25, 0.3) is 0 Å². The third-order valence-electron chi connectivity index (χ3n) is 2.42. The first-order valence-corrected chi connectivity index (χ1v) is 5.17. The zero-order chi connectivity index (χ0) is 12.5. The maximum Gasteiger partial charge on any atom is 0.248 e. The van der Waals surface area contributed by atoms with Gasteiger partial charge < -0.3 is 10.3 Å². The first-order valence-electron chi connectivity index (χ1n) is 5.17. The van der Waals surface area contributed by atoms with E-state index in [1.54, 1.807) is 17.1 Å². The van der Waals surface area contributed by atoms with Gasteiger partial charge in [-0.25, -0.2) is 4.98 Å². The first-order chi connectivity index (χ1) is 8.74. The molecule has 3 aromatic heterocycles. The standard InChI is InChI=1S/C9H10N8O/c1-17-3-5(2-13-17)6(10)9-14-8(16-18-9)7-11-4-12-15-7/h2-4,6H,10H2,1H3,(H,11,12,15). The molecule has 92 valence electrons. The minimum absolute atomic E-state index is 0.300. The van der Waals surface area contributed by atoms with Crippen molar-refractivity contribution in [2.75, 3.05) is 0 Å². The van der Waals surface area contributed by atoms with Gasteiger partial charge in [0.15, 0.2) is 5.82 Å². The SMILES string of the molecule is Cn1cc(C(N)c2nc(-c3ncn[nH]3)no2)cn1. The van der Waals surface area contributed by atoms with Crippen LogP contribution in [-0.2, 0) is 7.05 Å². The van der Waals surface area contributed by atoms with Crippen LogP contribution in [0.3, 0.4) is 0 Å². The molecule has 0 saturated heterocycles. The smallest absolute Gasteiger partial charge is 0.248 e. The Morgan fingerprint density at radius 3 is 3.06 bits per heavy atom. The fraction of sp³-hybridized carbons (Fsp3) is 0.222. The molecule has 0 aliphatic carbocycles. The Labute approximate surface area is 101 Å². The van der Waals surface area contributed by atoms with Crippen LogP contribution in [0.1, 0.15) is 17.5 Å². The van der Waals surface area contributed by atoms with Crippen LogP contribution < -0.4 is 5.73 Å². The largest absolute Gasteiger partial charge is 0.337 e. The summed E-state index contributed by atoms with van der Waals surface area (Å²) >= 11 is 0. The number of aromatic nitrogens is 7. The average molecular weight is 246 g/mol. The summed E-state index contributed by atoms with van der Waals surface area (Å²) < 4.78 is 6.76. The van der Waals surface area contributed by atoms with E-state index in [-0.39, 0.29) is 0 Å². The van der Waals surface area contributed by atoms with E-state index in [2.05, 4.69) is 30.4 Å². The molecule has 0 radical (unpaired) electrons. The van der Waals surface area contributed by atoms with E-state index in [1.807, 2.05) is 7.05 Å². The van der Waals surface area contributed by atoms with Crippen LogP contribution in [0.15, 0.2) is 23.2 Å². The quantitative estimate of drug-likeness (QED) is 0.646. The zero-order valence-corrected chi connectivity index (χ0v) is 9.48. The lowest BCUT2D eigenvalue weighted by molar-refractivity contribution is 0.367. The van der Waals surface area contributed by atoms with Gasteiger partial charge in [0.05, 0.1) is 6.20 Å². The van der Waals surface area contributed by atoms with Crippen LogP contribution in [0.5, 0.6) is 0 Å². The third kappa shape index (κ3) is 1.76. The number of aromatic amines is 1. The van der Waals surface area contributed by atoms with Crippen LogP contribution in [-0.4, -0.2) is 35.1 Å². The summed E-state index contributed by atoms with van der Waals surface area (Å²) in [5, 5.41) is 14.2. The zero-order valence-electron chi connectivity index (χ0n) is 9.48. The van der Waals surface area contributed by atoms with Gasteiger partial charge in [0, 0.05) is 18.8 Å². The molecule has 0 bridgehead atoms. The molecule has 3 heterocycles. The number of nitrogens with one attached hydrogen (secondary N) is 1. The molecule has 1 atom stereocenters. The van der Waals surface area contributed by atoms with Crippen molar-refractivity contribution in [3.8, 4) is 11.6 Å². The van der Waals surface area contributed by atoms with Gasteiger partial charge >= 0.3 is 0 Å². The maximum absolute atomic E-state index is 6.00. The molecule has 0 aliphatic heterocycles. The van der Waals surface area contributed by atoms with Crippen LogP contribution >= 0.6 is 0 Å². The van der Waals surface area contributed by atoms with Crippen molar-refractivity contribution >= 4 is 0 Å². The molecule has 18 heavy (non-hydrogen) atoms. The van der Waals surface area contributed by atoms with Crippen molar-refractivity contribution < 1.29 is 4.52 Å². The summed E-state index contributed by atoms with van der Waals surface area (Å²) in [6.45, 7) is 0. The fourth-order valence-corrected chi connectivity index (χ4v) is 1.51. The second-order valence-electron chi connectivity index (χ2n) is 3.72. The topological polar surface area (TPSA) is 124 Å². The number of rotatable bonds is 3. The minimum atomic E-state index is -0.511. The van der Waals surface area contributed by atoms with Gasteiger partial charge in [-0.3, -0.25) is 9.78 Å². The number of hydrogen-bond donors (Lipinski definition) is 2. The van der Waals surface area contributed by atoms with Gasteiger partial charge in [-0.15, -0.1) is 0 Å². The molecule has 0 saturated carbocycles. The van der Waals surface area contributed by atoms with Crippen LogP contribution in [0.25, 0.3) is 11.6 Å². The highest BCUT2D eigenvalue weighted by molar-refractivity contribution is 5.40. The van der Waals surface area contributed by atoms with Gasteiger partial charge in [0.1, 0.15) is 12.4 Å². The normalized spacial score (nSPS) is 12.8. The second kappa shape index (κ2) is 4.04. The lowest BCUT2D eigenvalue weighted by Gasteiger charge is -2.01. The number of nitrogens with zero attached hydrogens (tertiary/aromatic N) is 6. The van der Waals surface area contributed by atoms with E-state index in [0.717, 1.165) is 5.56 Å². The van der Waals surface area contributed by atoms with Crippen LogP contribution in [0.2, 0.25) is 0 Å². The Morgan fingerprint density at radius 2 is 2.39 bits per heavy atom. The predicted molar refractivity (Wildman–Crippen MR) is 58.9 cm³/mol. The average Bonchev–Trinajstić information content (AvgIpc) is 3.09. The third-order valence-corrected chi connectivity index (χ3v) is 2.42. The van der Waals surface area contributed by atoms with E-state index in [1.165, 1.54) is 6.33 Å². The summed E-state index contributed by atoms with van der Waals surface area (Å²) in [6, 6.07) is -0.511. The molecule has 9 heteroatoms. The first kappa shape index (κ1) is 10.6. The Balaban J connectivity index is 1.89. The van der Waals surface area contributed by atoms with E-state index in [4.69, 9.17) is 10.3 Å². The summed E-state index contributed by atoms with van der Waals surface area (Å²) in [4.78, 5) is 8.09. The molecule has 0 aliphatic rings. The van der Waals surface area contributed by atoms with Crippen molar-refractivity contribution in [1.29, 1.82) is 0 Å². The molecule has 3 N–H and O–H groups in total. The van der Waals surface area contributed by atoms with Crippen molar-refractivity contribution in [3.05, 3.63) is 30.2 Å². The van der Waals surface area contributed by atoms with E-state index >= 15 is 0 Å². The predicted octanol–water partition coefficient (Wildman–Crippen LogP) is -0.364. The van der Waals surface area contributed by atoms with Gasteiger partial charge in [0.2, 0.25) is 11.7 Å². The summed E-state index contributed by atoms with van der Waals surface area (Å²) in [6.07, 6.45) is 4.82. The molecule has 3 aromatic rings. The molecule has 0 amide bonds. The lowest BCUT2D eigenvalue weighted by atomic mass is 10.2. The lowest BCUT2D eigenvalue weighted by Crippen LogP contribution is -2.11. The second-order valence-corrected chi connectivity index (χ2v) is 3.72. The Bertz CT molecular complexity index is 639. The monoisotopic (exact) mass is 246 g/mol. The number of aryl methyl sites for hydroxylation is 1. The maximum atomic E-state index is 6.00. The molecule has 9 nitrogen and oxygen atoms in total. The number of nitrogens with two attached hydrogens (primary N) is 1. The van der Waals surface area contributed by atoms with E-state index < -0.39 is 6.04 Å². The summed E-state index contributed by atoms with van der Waals surface area (Å²) in [5.74, 6) is 1.06. The van der Waals surface area contributed by atoms with E-state index in [9.17, 15) is 0 Å². The van der Waals surface area contributed by atoms with Gasteiger partial charge in [-0.2, -0.15) is 15.2 Å². The minimum Gasteiger partial charge on any atom is -0.337 e. The number of H-pyrrole nitrogens is 1. The van der Waals surface area contributed by atoms with Crippen LogP contribution in [0, 0.1) is 0 Å². The molecule has 1 unspecified atom stereocenters. The Hall–Kier alpha value is -2.55. The number of hydrogen-bond acceptors (Lipinski definition) is 7. The van der Waals surface area contributed by atoms with Gasteiger partial charge in [-0.1, -0.05) is 5.16 Å². The molecule has 0 aromatic carbocycles. The van der Waals surface area contributed by atoms with Crippen molar-refractivity contribution in [2.45, 2.75) is 6.04 Å². The highest BCUT2D eigenvalue weighted by atomic mass is 16.5.